The van der Waals surface area contributed by atoms with Gasteiger partial charge in [-0.1, -0.05) is 0 Å². The molecule has 1 saturated heterocycles. The van der Waals surface area contributed by atoms with Gasteiger partial charge in [-0.25, -0.2) is 0 Å². The molecule has 1 aliphatic heterocycles. The van der Waals surface area contributed by atoms with Gasteiger partial charge in [0.15, 0.2) is 0 Å². The van der Waals surface area contributed by atoms with Gasteiger partial charge in [-0.05, 0) is 58.5 Å². The highest BCUT2D eigenvalue weighted by Gasteiger charge is 2.18. The second-order valence-electron chi connectivity index (χ2n) is 5.36. The largest absolute Gasteiger partial charge is 0.393 e. The van der Waals surface area contributed by atoms with Gasteiger partial charge in [0.1, 0.15) is 0 Å². The molecule has 0 spiro atoms. The van der Waals surface area contributed by atoms with Crippen LogP contribution in [0.3, 0.4) is 0 Å². The van der Waals surface area contributed by atoms with Gasteiger partial charge in [0.25, 0.3) is 0 Å². The smallest absolute Gasteiger partial charge is 0.0911 e. The van der Waals surface area contributed by atoms with E-state index in [0.29, 0.717) is 0 Å². The number of aliphatic hydroxyl groups excluding tert-OH is 1. The zero-order valence-corrected chi connectivity index (χ0v) is 12.2. The molecule has 2 rings (SSSR count). The zero-order chi connectivity index (χ0) is 13.0. The van der Waals surface area contributed by atoms with Crippen molar-refractivity contribution in [2.24, 2.45) is 0 Å². The molecule has 1 aromatic heterocycles. The fourth-order valence-electron chi connectivity index (χ4n) is 2.33. The molecule has 1 aromatic rings. The van der Waals surface area contributed by atoms with E-state index in [2.05, 4.69) is 36.0 Å². The number of aryl methyl sites for hydroxylation is 1. The molecule has 0 unspecified atom stereocenters. The van der Waals surface area contributed by atoms with Crippen molar-refractivity contribution in [3.05, 3.63) is 17.0 Å². The van der Waals surface area contributed by atoms with Gasteiger partial charge in [-0.15, -0.1) is 11.3 Å². The van der Waals surface area contributed by atoms with Gasteiger partial charge in [-0.3, -0.25) is 0 Å². The van der Waals surface area contributed by atoms with Gasteiger partial charge in [0.2, 0.25) is 0 Å². The van der Waals surface area contributed by atoms with Gasteiger partial charge >= 0.3 is 0 Å². The lowest BCUT2D eigenvalue weighted by molar-refractivity contribution is 0.145. The Labute approximate surface area is 114 Å². The van der Waals surface area contributed by atoms with Crippen LogP contribution in [-0.4, -0.2) is 49.8 Å². The highest BCUT2D eigenvalue weighted by molar-refractivity contribution is 7.16. The van der Waals surface area contributed by atoms with Crippen LogP contribution in [0.4, 0.5) is 5.00 Å². The van der Waals surface area contributed by atoms with Crippen molar-refractivity contribution >= 4 is 16.3 Å². The van der Waals surface area contributed by atoms with E-state index in [1.807, 2.05) is 11.3 Å². The first-order valence-electron chi connectivity index (χ1n) is 6.81. The molecule has 0 aliphatic carbocycles. The first-order chi connectivity index (χ1) is 8.65. The molecule has 0 bridgehead atoms. The SMILES string of the molecule is CN(C)CCCc1ccc(N2CCC(O)CC2)s1. The maximum Gasteiger partial charge on any atom is 0.0911 e. The lowest BCUT2D eigenvalue weighted by atomic mass is 10.1. The van der Waals surface area contributed by atoms with E-state index >= 15 is 0 Å². The number of piperidine rings is 1. The molecule has 102 valence electrons. The molecule has 0 radical (unpaired) electrons. The highest BCUT2D eigenvalue weighted by Crippen LogP contribution is 2.29. The van der Waals surface area contributed by atoms with Crippen molar-refractivity contribution < 1.29 is 5.11 Å². The molecule has 2 heterocycles. The Morgan fingerprint density at radius 1 is 1.33 bits per heavy atom. The summed E-state index contributed by atoms with van der Waals surface area (Å²) in [6.07, 6.45) is 4.15. The summed E-state index contributed by atoms with van der Waals surface area (Å²) in [5, 5.41) is 10.9. The van der Waals surface area contributed by atoms with Crippen LogP contribution >= 0.6 is 11.3 Å². The fraction of sp³-hybridized carbons (Fsp3) is 0.714. The molecule has 0 saturated carbocycles. The number of rotatable bonds is 5. The van der Waals surface area contributed by atoms with E-state index in [1.165, 1.54) is 22.7 Å². The number of hydrogen-bond acceptors (Lipinski definition) is 4. The van der Waals surface area contributed by atoms with Gasteiger partial charge in [0, 0.05) is 18.0 Å². The molecule has 0 aromatic carbocycles. The summed E-state index contributed by atoms with van der Waals surface area (Å²) in [6.45, 7) is 3.15. The molecule has 3 nitrogen and oxygen atoms in total. The predicted octanol–water partition coefficient (Wildman–Crippen LogP) is 2.20. The average Bonchev–Trinajstić information content (AvgIpc) is 2.78. The molecule has 0 amide bonds. The summed E-state index contributed by atoms with van der Waals surface area (Å²) in [5.41, 5.74) is 0. The minimum Gasteiger partial charge on any atom is -0.393 e. The molecule has 0 atom stereocenters. The van der Waals surface area contributed by atoms with Crippen molar-refractivity contribution in [3.63, 3.8) is 0 Å². The second kappa shape index (κ2) is 6.55. The van der Waals surface area contributed by atoms with Crippen LogP contribution in [0.25, 0.3) is 0 Å². The minimum absolute atomic E-state index is 0.0826. The van der Waals surface area contributed by atoms with Crippen LogP contribution in [0.1, 0.15) is 24.1 Å². The molecule has 1 fully saturated rings. The lowest BCUT2D eigenvalue weighted by Crippen LogP contribution is -2.35. The third-order valence-corrected chi connectivity index (χ3v) is 4.66. The Hall–Kier alpha value is -0.580. The molecule has 4 heteroatoms. The number of thiophene rings is 1. The summed E-state index contributed by atoms with van der Waals surface area (Å²) < 4.78 is 0. The molecular formula is C14H24N2OS. The number of hydrogen-bond donors (Lipinski definition) is 1. The van der Waals surface area contributed by atoms with Crippen LogP contribution in [0.5, 0.6) is 0 Å². The van der Waals surface area contributed by atoms with Crippen molar-refractivity contribution in [1.82, 2.24) is 4.90 Å². The monoisotopic (exact) mass is 268 g/mol. The first-order valence-corrected chi connectivity index (χ1v) is 7.63. The quantitative estimate of drug-likeness (QED) is 0.887. The normalized spacial score (nSPS) is 17.7. The molecule has 1 N–H and O–H groups in total. The topological polar surface area (TPSA) is 26.7 Å². The Bertz CT molecular complexity index is 356. The van der Waals surface area contributed by atoms with Crippen molar-refractivity contribution in [2.45, 2.75) is 31.8 Å². The highest BCUT2D eigenvalue weighted by atomic mass is 32.1. The summed E-state index contributed by atoms with van der Waals surface area (Å²) in [5.74, 6) is 0. The second-order valence-corrected chi connectivity index (χ2v) is 6.51. The summed E-state index contributed by atoms with van der Waals surface area (Å²) in [6, 6.07) is 4.51. The van der Waals surface area contributed by atoms with E-state index < -0.39 is 0 Å². The van der Waals surface area contributed by atoms with E-state index in [9.17, 15) is 5.11 Å². The summed E-state index contributed by atoms with van der Waals surface area (Å²) >= 11 is 1.92. The number of nitrogens with zero attached hydrogens (tertiary/aromatic N) is 2. The maximum atomic E-state index is 9.52. The van der Waals surface area contributed by atoms with Crippen molar-refractivity contribution in [3.8, 4) is 0 Å². The Kier molecular flexibility index (Phi) is 5.03. The average molecular weight is 268 g/mol. The number of aliphatic hydroxyl groups is 1. The predicted molar refractivity (Wildman–Crippen MR) is 78.6 cm³/mol. The Morgan fingerprint density at radius 3 is 2.72 bits per heavy atom. The van der Waals surface area contributed by atoms with E-state index in [-0.39, 0.29) is 6.10 Å². The van der Waals surface area contributed by atoms with Crippen molar-refractivity contribution in [1.29, 1.82) is 0 Å². The van der Waals surface area contributed by atoms with Crippen molar-refractivity contribution in [2.75, 3.05) is 38.6 Å². The molecule has 1 aliphatic rings. The van der Waals surface area contributed by atoms with E-state index in [4.69, 9.17) is 0 Å². The lowest BCUT2D eigenvalue weighted by Gasteiger charge is -2.30. The zero-order valence-electron chi connectivity index (χ0n) is 11.4. The molecular weight excluding hydrogens is 244 g/mol. The van der Waals surface area contributed by atoms with Crippen LogP contribution in [0, 0.1) is 0 Å². The van der Waals surface area contributed by atoms with Crippen LogP contribution in [-0.2, 0) is 6.42 Å². The third-order valence-electron chi connectivity index (χ3n) is 3.45. The summed E-state index contributed by atoms with van der Waals surface area (Å²) in [4.78, 5) is 6.13. The van der Waals surface area contributed by atoms with E-state index in [0.717, 1.165) is 32.5 Å². The maximum absolute atomic E-state index is 9.52. The van der Waals surface area contributed by atoms with Gasteiger partial charge in [-0.2, -0.15) is 0 Å². The van der Waals surface area contributed by atoms with E-state index in [1.54, 1.807) is 0 Å². The van der Waals surface area contributed by atoms with Crippen LogP contribution < -0.4 is 4.90 Å². The Morgan fingerprint density at radius 2 is 2.06 bits per heavy atom. The third kappa shape index (κ3) is 3.97. The molecule has 18 heavy (non-hydrogen) atoms. The van der Waals surface area contributed by atoms with Gasteiger partial charge in [0.05, 0.1) is 11.1 Å². The number of anilines is 1. The van der Waals surface area contributed by atoms with Crippen LogP contribution in [0.15, 0.2) is 12.1 Å². The van der Waals surface area contributed by atoms with Crippen LogP contribution in [0.2, 0.25) is 0 Å². The summed E-state index contributed by atoms with van der Waals surface area (Å²) in [7, 11) is 4.25. The first kappa shape index (κ1) is 13.8. The standard InChI is InChI=1S/C14H24N2OS/c1-15(2)9-3-4-13-5-6-14(18-13)16-10-7-12(17)8-11-16/h5-6,12,17H,3-4,7-11H2,1-2H3. The minimum atomic E-state index is -0.0826. The Balaban J connectivity index is 1.82. The van der Waals surface area contributed by atoms with Gasteiger partial charge < -0.3 is 14.9 Å². The fourth-order valence-corrected chi connectivity index (χ4v) is 3.43.